The molecule has 2 N–H and O–H groups in total. The van der Waals surface area contributed by atoms with Crippen molar-refractivity contribution in [3.05, 3.63) is 0 Å². The van der Waals surface area contributed by atoms with Gasteiger partial charge in [-0.1, -0.05) is 54.9 Å². The Labute approximate surface area is 212 Å². The molecular weight excluding hydrogens is 436 g/mol. The van der Waals surface area contributed by atoms with Crippen molar-refractivity contribution in [2.24, 2.45) is 52.3 Å². The van der Waals surface area contributed by atoms with Gasteiger partial charge in [-0.25, -0.2) is 0 Å². The van der Waals surface area contributed by atoms with Crippen LogP contribution < -0.4 is 0 Å². The molecule has 0 aromatic rings. The molecule has 4 fully saturated rings. The van der Waals surface area contributed by atoms with Crippen molar-refractivity contribution in [3.63, 3.8) is 0 Å². The molecule has 198 valence electrons. The lowest BCUT2D eigenvalue weighted by molar-refractivity contribution is -0.202. The molecule has 0 radical (unpaired) electrons. The molecule has 0 aliphatic heterocycles. The first kappa shape index (κ1) is 27.1. The fourth-order valence-electron chi connectivity index (χ4n) is 9.74. The number of aliphatic hydroxyl groups excluding tert-OH is 2. The second-order valence-corrected chi connectivity index (χ2v) is 19.9. The molecule has 0 heterocycles. The Morgan fingerprint density at radius 2 is 1.59 bits per heavy atom. The number of hydrogen-bond acceptors (Lipinski definition) is 3. The average molecular weight is 493 g/mol. The van der Waals surface area contributed by atoms with Crippen molar-refractivity contribution in [1.82, 2.24) is 0 Å². The highest BCUT2D eigenvalue weighted by atomic mass is 28.4. The number of hydrogen-bond donors (Lipinski definition) is 2. The largest absolute Gasteiger partial charge is 0.414 e. The van der Waals surface area contributed by atoms with Crippen LogP contribution >= 0.6 is 0 Å². The molecule has 4 heteroatoms. The van der Waals surface area contributed by atoms with Gasteiger partial charge in [-0.15, -0.1) is 0 Å². The summed E-state index contributed by atoms with van der Waals surface area (Å²) in [5.74, 6) is 3.66. The van der Waals surface area contributed by atoms with Gasteiger partial charge in [-0.05, 0) is 115 Å². The maximum absolute atomic E-state index is 12.0. The van der Waals surface area contributed by atoms with Gasteiger partial charge in [0.15, 0.2) is 8.32 Å². The van der Waals surface area contributed by atoms with Crippen LogP contribution in [0.1, 0.15) is 99.8 Å². The molecule has 0 amide bonds. The van der Waals surface area contributed by atoms with Crippen molar-refractivity contribution in [2.45, 2.75) is 130 Å². The van der Waals surface area contributed by atoms with Crippen LogP contribution in [-0.2, 0) is 4.43 Å². The zero-order chi connectivity index (χ0) is 25.3. The summed E-state index contributed by atoms with van der Waals surface area (Å²) < 4.78 is 6.97. The third-order valence-corrected chi connectivity index (χ3v) is 17.2. The first-order valence-corrected chi connectivity index (χ1v) is 17.6. The molecule has 0 saturated heterocycles. The van der Waals surface area contributed by atoms with Gasteiger partial charge in [0.1, 0.15) is 0 Å². The molecule has 5 unspecified atom stereocenters. The highest BCUT2D eigenvalue weighted by Gasteiger charge is 2.65. The fourth-order valence-corrected chi connectivity index (χ4v) is 11.1. The molecule has 0 bridgehead atoms. The van der Waals surface area contributed by atoms with E-state index in [4.69, 9.17) is 4.43 Å². The monoisotopic (exact) mass is 492 g/mol. The summed E-state index contributed by atoms with van der Waals surface area (Å²) >= 11 is 0. The van der Waals surface area contributed by atoms with Gasteiger partial charge >= 0.3 is 0 Å². The predicted molar refractivity (Wildman–Crippen MR) is 144 cm³/mol. The highest BCUT2D eigenvalue weighted by Crippen LogP contribution is 2.69. The molecule has 4 saturated carbocycles. The second-order valence-electron chi connectivity index (χ2n) is 15.1. The lowest BCUT2D eigenvalue weighted by Crippen LogP contribution is -2.62. The van der Waals surface area contributed by atoms with E-state index in [9.17, 15) is 10.2 Å². The maximum atomic E-state index is 12.0. The molecule has 3 nitrogen and oxygen atoms in total. The van der Waals surface area contributed by atoms with E-state index < -0.39 is 8.32 Å². The fraction of sp³-hybridized carbons (Fsp3) is 1.00. The lowest BCUT2D eigenvalue weighted by atomic mass is 9.41. The summed E-state index contributed by atoms with van der Waals surface area (Å²) in [6.45, 7) is 21.8. The molecule has 4 rings (SSSR count). The standard InChI is InChI=1S/C30H56O3Si/c1-10-21-25-17-20(33-34(8,9)28(3,4)5)13-15-30(25,7)24-14-16-29(6)22(19(2)18-31)11-12-23(29)26(24)27(21)32/h19-27,31-32H,10-18H2,1-9H3/t19-,20?,21-,22?,23+,24+,25?,26+,27-,29?,30?/m1/s1. The first-order chi connectivity index (χ1) is 15.7. The molecule has 11 atom stereocenters. The van der Waals surface area contributed by atoms with Gasteiger partial charge < -0.3 is 14.6 Å². The first-order valence-electron chi connectivity index (χ1n) is 14.7. The zero-order valence-electron chi connectivity index (χ0n) is 23.9. The third kappa shape index (κ3) is 4.09. The maximum Gasteiger partial charge on any atom is 0.192 e. The van der Waals surface area contributed by atoms with Crippen LogP contribution in [0.25, 0.3) is 0 Å². The Kier molecular flexibility index (Phi) is 7.29. The predicted octanol–water partition coefficient (Wildman–Crippen LogP) is 7.27. The van der Waals surface area contributed by atoms with Gasteiger partial charge in [-0.2, -0.15) is 0 Å². The summed E-state index contributed by atoms with van der Waals surface area (Å²) in [6, 6.07) is 0. The van der Waals surface area contributed by atoms with Crippen molar-refractivity contribution in [2.75, 3.05) is 6.61 Å². The van der Waals surface area contributed by atoms with Gasteiger partial charge in [-0.3, -0.25) is 0 Å². The van der Waals surface area contributed by atoms with Crippen molar-refractivity contribution in [3.8, 4) is 0 Å². The Morgan fingerprint density at radius 3 is 2.18 bits per heavy atom. The van der Waals surface area contributed by atoms with Crippen molar-refractivity contribution in [1.29, 1.82) is 0 Å². The highest BCUT2D eigenvalue weighted by molar-refractivity contribution is 6.74. The minimum Gasteiger partial charge on any atom is -0.414 e. The minimum absolute atomic E-state index is 0.174. The SMILES string of the molecule is CC[C@@H]1C2CC(O[Si](C)(C)C(C)(C)C)CCC2(C)[C@H]2CCC3(C)C([C@H](C)CO)CC[C@H]3[C@@H]2[C@@H]1O. The molecule has 0 aromatic heterocycles. The second kappa shape index (κ2) is 9.13. The van der Waals surface area contributed by atoms with E-state index in [1.54, 1.807) is 0 Å². The topological polar surface area (TPSA) is 49.7 Å². The van der Waals surface area contributed by atoms with Gasteiger partial charge in [0, 0.05) is 12.7 Å². The van der Waals surface area contributed by atoms with Crippen LogP contribution in [0.4, 0.5) is 0 Å². The summed E-state index contributed by atoms with van der Waals surface area (Å²) in [5, 5.41) is 22.2. The van der Waals surface area contributed by atoms with E-state index in [1.165, 1.54) is 38.5 Å². The number of fused-ring (bicyclic) bond motifs is 5. The van der Waals surface area contributed by atoms with Crippen LogP contribution in [0, 0.1) is 52.3 Å². The zero-order valence-corrected chi connectivity index (χ0v) is 24.9. The van der Waals surface area contributed by atoms with Crippen molar-refractivity contribution >= 4 is 8.32 Å². The Morgan fingerprint density at radius 1 is 0.971 bits per heavy atom. The molecule has 0 aromatic carbocycles. The quantitative estimate of drug-likeness (QED) is 0.397. The van der Waals surface area contributed by atoms with E-state index in [2.05, 4.69) is 61.6 Å². The van der Waals surface area contributed by atoms with Crippen LogP contribution in [0.15, 0.2) is 0 Å². The molecule has 4 aliphatic carbocycles. The van der Waals surface area contributed by atoms with Crippen LogP contribution in [0.2, 0.25) is 18.1 Å². The number of aliphatic hydroxyl groups is 2. The minimum atomic E-state index is -1.79. The third-order valence-electron chi connectivity index (χ3n) is 12.7. The smallest absolute Gasteiger partial charge is 0.192 e. The molecule has 0 spiro atoms. The van der Waals surface area contributed by atoms with E-state index in [0.717, 1.165) is 12.8 Å². The Balaban J connectivity index is 1.60. The van der Waals surface area contributed by atoms with Crippen molar-refractivity contribution < 1.29 is 14.6 Å². The molecular formula is C30H56O3Si. The van der Waals surface area contributed by atoms with Gasteiger partial charge in [0.25, 0.3) is 0 Å². The van der Waals surface area contributed by atoms with Crippen LogP contribution in [-0.4, -0.2) is 37.3 Å². The Bertz CT molecular complexity index is 731. The Hall–Kier alpha value is 0.0969. The summed E-state index contributed by atoms with van der Waals surface area (Å²) in [6.07, 6.45) is 9.91. The molecule has 4 aliphatic rings. The van der Waals surface area contributed by atoms with E-state index in [0.29, 0.717) is 59.6 Å². The van der Waals surface area contributed by atoms with E-state index in [-0.39, 0.29) is 16.6 Å². The number of rotatable bonds is 5. The van der Waals surface area contributed by atoms with Gasteiger partial charge in [0.05, 0.1) is 6.10 Å². The van der Waals surface area contributed by atoms with Crippen LogP contribution in [0.3, 0.4) is 0 Å². The van der Waals surface area contributed by atoms with E-state index >= 15 is 0 Å². The lowest BCUT2D eigenvalue weighted by Gasteiger charge is -2.65. The average Bonchev–Trinajstić information content (AvgIpc) is 3.10. The van der Waals surface area contributed by atoms with Crippen LogP contribution in [0.5, 0.6) is 0 Å². The molecule has 34 heavy (non-hydrogen) atoms. The summed E-state index contributed by atoms with van der Waals surface area (Å²) in [4.78, 5) is 0. The summed E-state index contributed by atoms with van der Waals surface area (Å²) in [7, 11) is -1.79. The van der Waals surface area contributed by atoms with E-state index in [1.807, 2.05) is 0 Å². The normalized spacial score (nSPS) is 48.1. The summed E-state index contributed by atoms with van der Waals surface area (Å²) in [5.41, 5.74) is 0.619. The van der Waals surface area contributed by atoms with Gasteiger partial charge in [0.2, 0.25) is 0 Å².